The molecule has 0 heterocycles. The van der Waals surface area contributed by atoms with Gasteiger partial charge in [-0.15, -0.1) is 6.58 Å². The zero-order chi connectivity index (χ0) is 18.5. The van der Waals surface area contributed by atoms with Crippen molar-refractivity contribution >= 4 is 21.8 Å². The molecular formula is C19H28BrNO3. The number of hydrogen-bond acceptors (Lipinski definition) is 3. The lowest BCUT2D eigenvalue weighted by molar-refractivity contribution is -0.131. The van der Waals surface area contributed by atoms with Crippen LogP contribution in [0, 0.1) is 0 Å². The SMILES string of the molecule is C=CCCC(=O)N(CC(=C)Br)Cc1ccc(OC)cc1OC.CC. The number of carbonyl (C=O) groups excluding carboxylic acids is 1. The number of amides is 1. The predicted molar refractivity (Wildman–Crippen MR) is 104 cm³/mol. The molecular weight excluding hydrogens is 370 g/mol. The molecule has 5 heteroatoms. The molecule has 0 spiro atoms. The number of rotatable bonds is 9. The Kier molecular flexibility index (Phi) is 11.7. The third-order valence-corrected chi connectivity index (χ3v) is 3.38. The van der Waals surface area contributed by atoms with Gasteiger partial charge in [0.25, 0.3) is 0 Å². The van der Waals surface area contributed by atoms with E-state index in [1.54, 1.807) is 25.2 Å². The largest absolute Gasteiger partial charge is 0.497 e. The van der Waals surface area contributed by atoms with E-state index in [4.69, 9.17) is 9.47 Å². The maximum Gasteiger partial charge on any atom is 0.223 e. The molecule has 0 aromatic heterocycles. The lowest BCUT2D eigenvalue weighted by Gasteiger charge is -2.23. The number of carbonyl (C=O) groups is 1. The molecule has 134 valence electrons. The molecule has 1 aromatic rings. The number of halogens is 1. The van der Waals surface area contributed by atoms with Crippen molar-refractivity contribution in [3.63, 3.8) is 0 Å². The topological polar surface area (TPSA) is 38.8 Å². The van der Waals surface area contributed by atoms with Gasteiger partial charge in [-0.1, -0.05) is 42.4 Å². The molecule has 0 saturated heterocycles. The van der Waals surface area contributed by atoms with Gasteiger partial charge in [-0.05, 0) is 18.6 Å². The van der Waals surface area contributed by atoms with Gasteiger partial charge in [0, 0.05) is 29.1 Å². The van der Waals surface area contributed by atoms with E-state index in [0.717, 1.165) is 15.8 Å². The molecule has 0 aliphatic carbocycles. The zero-order valence-electron chi connectivity index (χ0n) is 15.1. The van der Waals surface area contributed by atoms with Crippen molar-refractivity contribution < 1.29 is 14.3 Å². The van der Waals surface area contributed by atoms with Crippen LogP contribution in [-0.2, 0) is 11.3 Å². The molecule has 0 fully saturated rings. The van der Waals surface area contributed by atoms with Gasteiger partial charge in [-0.3, -0.25) is 4.79 Å². The van der Waals surface area contributed by atoms with Crippen LogP contribution < -0.4 is 9.47 Å². The minimum absolute atomic E-state index is 0.0540. The van der Waals surface area contributed by atoms with E-state index in [1.165, 1.54) is 0 Å². The summed E-state index contributed by atoms with van der Waals surface area (Å²) in [5, 5.41) is 0. The van der Waals surface area contributed by atoms with E-state index in [2.05, 4.69) is 29.1 Å². The van der Waals surface area contributed by atoms with Crippen LogP contribution in [-0.4, -0.2) is 31.6 Å². The van der Waals surface area contributed by atoms with Gasteiger partial charge in [-0.2, -0.15) is 0 Å². The van der Waals surface area contributed by atoms with E-state index >= 15 is 0 Å². The highest BCUT2D eigenvalue weighted by atomic mass is 79.9. The van der Waals surface area contributed by atoms with Crippen LogP contribution in [0.2, 0.25) is 0 Å². The molecule has 0 bridgehead atoms. The van der Waals surface area contributed by atoms with Crippen molar-refractivity contribution in [1.29, 1.82) is 0 Å². The summed E-state index contributed by atoms with van der Waals surface area (Å²) in [6, 6.07) is 5.57. The maximum absolute atomic E-state index is 12.3. The average Bonchev–Trinajstić information content (AvgIpc) is 2.60. The predicted octanol–water partition coefficient (Wildman–Crippen LogP) is 4.93. The van der Waals surface area contributed by atoms with Crippen LogP contribution in [0.25, 0.3) is 0 Å². The Morgan fingerprint density at radius 1 is 1.29 bits per heavy atom. The Morgan fingerprint density at radius 2 is 1.96 bits per heavy atom. The first-order valence-corrected chi connectivity index (χ1v) is 8.74. The normalized spacial score (nSPS) is 9.38. The summed E-state index contributed by atoms with van der Waals surface area (Å²) in [6.45, 7) is 12.4. The number of benzene rings is 1. The number of nitrogens with zero attached hydrogens (tertiary/aromatic N) is 1. The van der Waals surface area contributed by atoms with Crippen molar-refractivity contribution in [2.24, 2.45) is 0 Å². The Morgan fingerprint density at radius 3 is 2.46 bits per heavy atom. The number of methoxy groups -OCH3 is 2. The summed E-state index contributed by atoms with van der Waals surface area (Å²) in [4.78, 5) is 14.1. The van der Waals surface area contributed by atoms with Gasteiger partial charge in [0.2, 0.25) is 5.91 Å². The second kappa shape index (κ2) is 12.6. The number of hydrogen-bond donors (Lipinski definition) is 0. The number of allylic oxidation sites excluding steroid dienone is 1. The second-order valence-corrected chi connectivity index (χ2v) is 5.89. The lowest BCUT2D eigenvalue weighted by atomic mass is 10.1. The maximum atomic E-state index is 12.3. The molecule has 1 rings (SSSR count). The van der Waals surface area contributed by atoms with Crippen LogP contribution in [0.4, 0.5) is 0 Å². The van der Waals surface area contributed by atoms with Crippen LogP contribution >= 0.6 is 15.9 Å². The molecule has 0 N–H and O–H groups in total. The van der Waals surface area contributed by atoms with Crippen molar-refractivity contribution in [2.75, 3.05) is 20.8 Å². The monoisotopic (exact) mass is 397 g/mol. The van der Waals surface area contributed by atoms with Crippen molar-refractivity contribution in [1.82, 2.24) is 4.90 Å². The Labute approximate surface area is 154 Å². The summed E-state index contributed by atoms with van der Waals surface area (Å²) >= 11 is 3.32. The fraction of sp³-hybridized carbons (Fsp3) is 0.421. The molecule has 0 aliphatic rings. The van der Waals surface area contributed by atoms with Crippen molar-refractivity contribution in [3.8, 4) is 11.5 Å². The molecule has 24 heavy (non-hydrogen) atoms. The van der Waals surface area contributed by atoms with Gasteiger partial charge >= 0.3 is 0 Å². The second-order valence-electron chi connectivity index (χ2n) is 4.77. The summed E-state index contributed by atoms with van der Waals surface area (Å²) in [7, 11) is 3.21. The van der Waals surface area contributed by atoms with Gasteiger partial charge < -0.3 is 14.4 Å². The first kappa shape index (κ1) is 22.2. The minimum Gasteiger partial charge on any atom is -0.497 e. The van der Waals surface area contributed by atoms with Gasteiger partial charge in [0.15, 0.2) is 0 Å². The van der Waals surface area contributed by atoms with E-state index in [9.17, 15) is 4.79 Å². The molecule has 4 nitrogen and oxygen atoms in total. The molecule has 0 unspecified atom stereocenters. The van der Waals surface area contributed by atoms with Gasteiger partial charge in [0.05, 0.1) is 20.8 Å². The molecule has 0 aliphatic heterocycles. The van der Waals surface area contributed by atoms with Crippen LogP contribution in [0.1, 0.15) is 32.3 Å². The van der Waals surface area contributed by atoms with E-state index in [0.29, 0.717) is 31.7 Å². The van der Waals surface area contributed by atoms with Crippen LogP contribution in [0.5, 0.6) is 11.5 Å². The quantitative estimate of drug-likeness (QED) is 0.554. The molecule has 0 atom stereocenters. The highest BCUT2D eigenvalue weighted by Crippen LogP contribution is 2.26. The van der Waals surface area contributed by atoms with Crippen LogP contribution in [0.15, 0.2) is 41.9 Å². The van der Waals surface area contributed by atoms with E-state index in [-0.39, 0.29) is 5.91 Å². The first-order chi connectivity index (χ1) is 11.5. The first-order valence-electron chi connectivity index (χ1n) is 7.94. The summed E-state index contributed by atoms with van der Waals surface area (Å²) < 4.78 is 11.3. The standard InChI is InChI=1S/C17H22BrNO3.C2H6/c1-5-6-7-17(20)19(11-13(2)18)12-14-8-9-15(21-3)10-16(14)22-4;1-2/h5,8-10H,1-2,6-7,11-12H2,3-4H3;1-2H3. The van der Waals surface area contributed by atoms with E-state index in [1.807, 2.05) is 32.0 Å². The Balaban J connectivity index is 0.00000254. The third kappa shape index (κ3) is 7.68. The zero-order valence-corrected chi connectivity index (χ0v) is 16.7. The molecule has 0 saturated carbocycles. The summed E-state index contributed by atoms with van der Waals surface area (Å²) in [5.74, 6) is 1.47. The van der Waals surface area contributed by atoms with Gasteiger partial charge in [0.1, 0.15) is 11.5 Å². The molecule has 1 aromatic carbocycles. The molecule has 1 amide bonds. The Hall–Kier alpha value is -1.75. The minimum atomic E-state index is 0.0540. The third-order valence-electron chi connectivity index (χ3n) is 3.13. The lowest BCUT2D eigenvalue weighted by Crippen LogP contribution is -2.31. The fourth-order valence-electron chi connectivity index (χ4n) is 2.01. The summed E-state index contributed by atoms with van der Waals surface area (Å²) in [6.07, 6.45) is 2.83. The van der Waals surface area contributed by atoms with Crippen LogP contribution in [0.3, 0.4) is 0 Å². The van der Waals surface area contributed by atoms with Gasteiger partial charge in [-0.25, -0.2) is 0 Å². The highest BCUT2D eigenvalue weighted by molar-refractivity contribution is 9.11. The Bertz CT molecular complexity index is 543. The van der Waals surface area contributed by atoms with E-state index < -0.39 is 0 Å². The average molecular weight is 398 g/mol. The summed E-state index contributed by atoms with van der Waals surface area (Å²) in [5.41, 5.74) is 0.920. The smallest absolute Gasteiger partial charge is 0.223 e. The fourth-order valence-corrected chi connectivity index (χ4v) is 2.31. The number of ether oxygens (including phenoxy) is 2. The highest BCUT2D eigenvalue weighted by Gasteiger charge is 2.16. The van der Waals surface area contributed by atoms with Crippen molar-refractivity contribution in [3.05, 3.63) is 47.5 Å². The van der Waals surface area contributed by atoms with Crippen molar-refractivity contribution in [2.45, 2.75) is 33.2 Å². The molecule has 0 radical (unpaired) electrons.